The lowest BCUT2D eigenvalue weighted by molar-refractivity contribution is 0.437. The number of rotatable bonds is 4. The first-order valence-corrected chi connectivity index (χ1v) is 5.67. The molecule has 3 heteroatoms. The Balaban J connectivity index is 1.97. The Labute approximate surface area is 89.7 Å². The predicted octanol–water partition coefficient (Wildman–Crippen LogP) is 3.36. The molecule has 0 radical (unpaired) electrons. The molecule has 1 aromatic heterocycles. The van der Waals surface area contributed by atoms with Gasteiger partial charge in [-0.25, -0.2) is 4.98 Å². The largest absolute Gasteiger partial charge is 0.445 e. The van der Waals surface area contributed by atoms with E-state index in [4.69, 9.17) is 16.0 Å². The molecule has 0 spiro atoms. The molecule has 0 saturated heterocycles. The highest BCUT2D eigenvalue weighted by atomic mass is 35.5. The molecule has 1 aliphatic carbocycles. The van der Waals surface area contributed by atoms with Gasteiger partial charge in [-0.15, -0.1) is 11.6 Å². The van der Waals surface area contributed by atoms with Gasteiger partial charge in [0.2, 0.25) is 0 Å². The Morgan fingerprint density at radius 2 is 2.36 bits per heavy atom. The first-order valence-electron chi connectivity index (χ1n) is 5.14. The van der Waals surface area contributed by atoms with Gasteiger partial charge >= 0.3 is 0 Å². The minimum atomic E-state index is 0.420. The van der Waals surface area contributed by atoms with Crippen LogP contribution in [0.25, 0.3) is 0 Å². The van der Waals surface area contributed by atoms with Crippen molar-refractivity contribution in [2.45, 2.75) is 39.0 Å². The molecule has 1 saturated carbocycles. The first-order chi connectivity index (χ1) is 6.63. The Bertz CT molecular complexity index is 319. The molecule has 0 aromatic carbocycles. The highest BCUT2D eigenvalue weighted by molar-refractivity contribution is 6.17. The Hall–Kier alpha value is -0.500. The number of alkyl halides is 1. The van der Waals surface area contributed by atoms with Gasteiger partial charge in [-0.1, -0.05) is 13.8 Å². The zero-order valence-electron chi connectivity index (χ0n) is 8.72. The van der Waals surface area contributed by atoms with Crippen molar-refractivity contribution in [1.29, 1.82) is 0 Å². The Morgan fingerprint density at radius 3 is 2.93 bits per heavy atom. The topological polar surface area (TPSA) is 26.0 Å². The van der Waals surface area contributed by atoms with E-state index in [1.807, 2.05) is 6.20 Å². The third-order valence-corrected chi connectivity index (χ3v) is 3.22. The molecule has 1 fully saturated rings. The smallest absolute Gasteiger partial charge is 0.194 e. The SMILES string of the molecule is CC1(C)CC1c1cnc(CCCCl)o1. The van der Waals surface area contributed by atoms with Gasteiger partial charge in [0.25, 0.3) is 0 Å². The second-order valence-corrected chi connectivity index (χ2v) is 5.07. The van der Waals surface area contributed by atoms with Crippen LogP contribution in [0.4, 0.5) is 0 Å². The van der Waals surface area contributed by atoms with E-state index in [1.54, 1.807) is 0 Å². The van der Waals surface area contributed by atoms with E-state index in [2.05, 4.69) is 18.8 Å². The molecule has 2 nitrogen and oxygen atoms in total. The number of nitrogens with zero attached hydrogens (tertiary/aromatic N) is 1. The summed E-state index contributed by atoms with van der Waals surface area (Å²) in [5, 5.41) is 0. The van der Waals surface area contributed by atoms with E-state index >= 15 is 0 Å². The molecular formula is C11H16ClNO. The van der Waals surface area contributed by atoms with Crippen molar-refractivity contribution in [3.8, 4) is 0 Å². The molecule has 1 heterocycles. The average Bonchev–Trinajstić information content (AvgIpc) is 2.63. The van der Waals surface area contributed by atoms with Crippen LogP contribution in [0.15, 0.2) is 10.6 Å². The van der Waals surface area contributed by atoms with Gasteiger partial charge in [-0.2, -0.15) is 0 Å². The number of hydrogen-bond acceptors (Lipinski definition) is 2. The molecule has 1 aromatic rings. The summed E-state index contributed by atoms with van der Waals surface area (Å²) in [6.45, 7) is 4.53. The summed E-state index contributed by atoms with van der Waals surface area (Å²) in [7, 11) is 0. The minimum Gasteiger partial charge on any atom is -0.445 e. The molecule has 0 amide bonds. The third kappa shape index (κ3) is 1.95. The van der Waals surface area contributed by atoms with Crippen LogP contribution in [-0.4, -0.2) is 10.9 Å². The average molecular weight is 214 g/mol. The van der Waals surface area contributed by atoms with Gasteiger partial charge in [0.15, 0.2) is 5.89 Å². The highest BCUT2D eigenvalue weighted by Crippen LogP contribution is 2.58. The van der Waals surface area contributed by atoms with Crippen molar-refractivity contribution in [2.24, 2.45) is 5.41 Å². The second kappa shape index (κ2) is 3.58. The molecule has 2 rings (SSSR count). The molecule has 1 aliphatic rings. The van der Waals surface area contributed by atoms with E-state index in [9.17, 15) is 0 Å². The number of hydrogen-bond donors (Lipinski definition) is 0. The molecule has 0 bridgehead atoms. The van der Waals surface area contributed by atoms with Crippen molar-refractivity contribution in [3.63, 3.8) is 0 Å². The van der Waals surface area contributed by atoms with E-state index in [1.165, 1.54) is 6.42 Å². The fourth-order valence-corrected chi connectivity index (χ4v) is 1.91. The summed E-state index contributed by atoms with van der Waals surface area (Å²) in [6, 6.07) is 0. The maximum Gasteiger partial charge on any atom is 0.194 e. The molecule has 0 N–H and O–H groups in total. The number of oxazole rings is 1. The first kappa shape index (κ1) is 10.0. The van der Waals surface area contributed by atoms with E-state index in [0.29, 0.717) is 17.2 Å². The number of aryl methyl sites for hydroxylation is 1. The highest BCUT2D eigenvalue weighted by Gasteiger charge is 2.48. The zero-order valence-corrected chi connectivity index (χ0v) is 9.47. The van der Waals surface area contributed by atoms with Crippen molar-refractivity contribution in [3.05, 3.63) is 17.8 Å². The molecule has 78 valence electrons. The predicted molar refractivity (Wildman–Crippen MR) is 56.7 cm³/mol. The maximum absolute atomic E-state index is 5.68. The summed E-state index contributed by atoms with van der Waals surface area (Å²) in [5.74, 6) is 3.15. The summed E-state index contributed by atoms with van der Waals surface area (Å²) >= 11 is 5.61. The van der Waals surface area contributed by atoms with E-state index < -0.39 is 0 Å². The van der Waals surface area contributed by atoms with Crippen LogP contribution in [0, 0.1) is 5.41 Å². The summed E-state index contributed by atoms with van der Waals surface area (Å²) < 4.78 is 5.68. The molecule has 0 aliphatic heterocycles. The van der Waals surface area contributed by atoms with Crippen molar-refractivity contribution >= 4 is 11.6 Å². The summed E-state index contributed by atoms with van der Waals surface area (Å²) in [6.07, 6.45) is 4.90. The monoisotopic (exact) mass is 213 g/mol. The Kier molecular flexibility index (Phi) is 2.56. The van der Waals surface area contributed by atoms with Gasteiger partial charge < -0.3 is 4.42 Å². The normalized spacial score (nSPS) is 23.8. The quantitative estimate of drug-likeness (QED) is 0.717. The van der Waals surface area contributed by atoms with Gasteiger partial charge in [-0.05, 0) is 18.3 Å². The van der Waals surface area contributed by atoms with Gasteiger partial charge in [0, 0.05) is 18.2 Å². The lowest BCUT2D eigenvalue weighted by Crippen LogP contribution is -1.87. The number of aromatic nitrogens is 1. The molecular weight excluding hydrogens is 198 g/mol. The van der Waals surface area contributed by atoms with Crippen LogP contribution in [-0.2, 0) is 6.42 Å². The number of halogens is 1. The lowest BCUT2D eigenvalue weighted by Gasteiger charge is -1.97. The maximum atomic E-state index is 5.68. The molecule has 1 unspecified atom stereocenters. The second-order valence-electron chi connectivity index (χ2n) is 4.69. The van der Waals surface area contributed by atoms with E-state index in [-0.39, 0.29) is 0 Å². The van der Waals surface area contributed by atoms with Crippen molar-refractivity contribution in [2.75, 3.05) is 5.88 Å². The van der Waals surface area contributed by atoms with Crippen LogP contribution in [0.5, 0.6) is 0 Å². The van der Waals surface area contributed by atoms with E-state index in [0.717, 1.165) is 24.5 Å². The summed E-state index contributed by atoms with van der Waals surface area (Å²) in [5.41, 5.74) is 0.420. The van der Waals surface area contributed by atoms with Crippen LogP contribution in [0.1, 0.15) is 44.3 Å². The fraction of sp³-hybridized carbons (Fsp3) is 0.727. The van der Waals surface area contributed by atoms with Gasteiger partial charge in [0.05, 0.1) is 6.20 Å². The summed E-state index contributed by atoms with van der Waals surface area (Å²) in [4.78, 5) is 4.26. The van der Waals surface area contributed by atoms with Gasteiger partial charge in [0.1, 0.15) is 5.76 Å². The van der Waals surface area contributed by atoms with Crippen LogP contribution in [0.3, 0.4) is 0 Å². The van der Waals surface area contributed by atoms with Crippen molar-refractivity contribution in [1.82, 2.24) is 4.98 Å². The zero-order chi connectivity index (χ0) is 10.2. The third-order valence-electron chi connectivity index (χ3n) is 2.95. The standard InChI is InChI=1S/C11H16ClNO/c1-11(2)6-8(11)9-7-13-10(14-9)4-3-5-12/h7-8H,3-6H2,1-2H3. The van der Waals surface area contributed by atoms with Crippen LogP contribution < -0.4 is 0 Å². The molecule has 14 heavy (non-hydrogen) atoms. The fourth-order valence-electron chi connectivity index (χ4n) is 1.77. The van der Waals surface area contributed by atoms with Crippen LogP contribution in [0.2, 0.25) is 0 Å². The minimum absolute atomic E-state index is 0.420. The van der Waals surface area contributed by atoms with Gasteiger partial charge in [-0.3, -0.25) is 0 Å². The Morgan fingerprint density at radius 1 is 1.64 bits per heavy atom. The van der Waals surface area contributed by atoms with Crippen molar-refractivity contribution < 1.29 is 4.42 Å². The van der Waals surface area contributed by atoms with Crippen LogP contribution >= 0.6 is 11.6 Å². The lowest BCUT2D eigenvalue weighted by atomic mass is 10.1. The molecule has 1 atom stereocenters.